The van der Waals surface area contributed by atoms with E-state index in [0.29, 0.717) is 17.3 Å². The number of nitrogen functional groups attached to an aromatic ring is 1. The van der Waals surface area contributed by atoms with Crippen LogP contribution in [0.3, 0.4) is 0 Å². The van der Waals surface area contributed by atoms with Crippen LogP contribution in [0, 0.1) is 0 Å². The lowest BCUT2D eigenvalue weighted by atomic mass is 9.99. The van der Waals surface area contributed by atoms with E-state index in [0.717, 1.165) is 30.3 Å². The minimum Gasteiger partial charge on any atom is -0.398 e. The zero-order chi connectivity index (χ0) is 13.1. The summed E-state index contributed by atoms with van der Waals surface area (Å²) < 4.78 is 0.838. The van der Waals surface area contributed by atoms with Gasteiger partial charge in [0.25, 0.3) is 5.91 Å². The number of anilines is 1. The van der Waals surface area contributed by atoms with Crippen molar-refractivity contribution in [2.45, 2.75) is 38.6 Å². The van der Waals surface area contributed by atoms with Crippen molar-refractivity contribution in [3.8, 4) is 0 Å². The van der Waals surface area contributed by atoms with Crippen LogP contribution in [0.2, 0.25) is 0 Å². The quantitative estimate of drug-likeness (QED) is 0.851. The Morgan fingerprint density at radius 1 is 1.50 bits per heavy atom. The summed E-state index contributed by atoms with van der Waals surface area (Å²) in [7, 11) is 0. The fraction of sp³-hybridized carbons (Fsp3) is 0.500. The Morgan fingerprint density at radius 2 is 2.28 bits per heavy atom. The third-order valence-corrected chi connectivity index (χ3v) is 4.32. The van der Waals surface area contributed by atoms with Gasteiger partial charge in [-0.05, 0) is 59.8 Å². The van der Waals surface area contributed by atoms with Gasteiger partial charge in [0.05, 0.1) is 0 Å². The number of halogens is 1. The van der Waals surface area contributed by atoms with Crippen molar-refractivity contribution in [2.75, 3.05) is 12.3 Å². The molecular weight excluding hydrogens is 292 g/mol. The molecule has 4 heteroatoms. The summed E-state index contributed by atoms with van der Waals surface area (Å²) in [5.74, 6) is 0.112. The second-order valence-corrected chi connectivity index (χ2v) is 5.65. The van der Waals surface area contributed by atoms with Crippen molar-refractivity contribution in [1.82, 2.24) is 4.90 Å². The van der Waals surface area contributed by atoms with E-state index < -0.39 is 0 Å². The lowest BCUT2D eigenvalue weighted by Gasteiger charge is -2.35. The molecule has 0 aliphatic carbocycles. The van der Waals surface area contributed by atoms with Crippen LogP contribution < -0.4 is 5.73 Å². The third-order valence-electron chi connectivity index (χ3n) is 3.60. The van der Waals surface area contributed by atoms with Crippen molar-refractivity contribution >= 4 is 27.5 Å². The molecule has 1 unspecified atom stereocenters. The molecule has 1 fully saturated rings. The number of likely N-dealkylation sites (tertiary alicyclic amines) is 1. The van der Waals surface area contributed by atoms with E-state index in [2.05, 4.69) is 22.9 Å². The van der Waals surface area contributed by atoms with Crippen LogP contribution in [-0.4, -0.2) is 23.4 Å². The largest absolute Gasteiger partial charge is 0.398 e. The molecular formula is C14H19BrN2O. The zero-order valence-corrected chi connectivity index (χ0v) is 12.2. The summed E-state index contributed by atoms with van der Waals surface area (Å²) in [6.07, 6.45) is 4.48. The predicted octanol–water partition coefficient (Wildman–Crippen LogP) is 3.44. The number of amides is 1. The molecule has 0 bridgehead atoms. The lowest BCUT2D eigenvalue weighted by Crippen LogP contribution is -2.43. The number of piperidine rings is 1. The van der Waals surface area contributed by atoms with Crippen LogP contribution in [0.1, 0.15) is 43.0 Å². The Morgan fingerprint density at radius 3 is 2.94 bits per heavy atom. The van der Waals surface area contributed by atoms with Gasteiger partial charge in [0.1, 0.15) is 0 Å². The van der Waals surface area contributed by atoms with Gasteiger partial charge in [-0.3, -0.25) is 4.79 Å². The predicted molar refractivity (Wildman–Crippen MR) is 77.5 cm³/mol. The van der Waals surface area contributed by atoms with Gasteiger partial charge in [-0.25, -0.2) is 0 Å². The molecule has 3 nitrogen and oxygen atoms in total. The SMILES string of the molecule is CCC1CCCCN1C(=O)c1ccc(Br)c(N)c1. The van der Waals surface area contributed by atoms with Gasteiger partial charge in [0.2, 0.25) is 0 Å². The van der Waals surface area contributed by atoms with Crippen LogP contribution in [0.5, 0.6) is 0 Å². The number of carbonyl (C=O) groups excluding carboxylic acids is 1. The first kappa shape index (κ1) is 13.4. The van der Waals surface area contributed by atoms with Crippen LogP contribution in [-0.2, 0) is 0 Å². The molecule has 0 radical (unpaired) electrons. The van der Waals surface area contributed by atoms with E-state index in [-0.39, 0.29) is 5.91 Å². The van der Waals surface area contributed by atoms with Gasteiger partial charge in [-0.1, -0.05) is 6.92 Å². The molecule has 1 atom stereocenters. The molecule has 2 N–H and O–H groups in total. The highest BCUT2D eigenvalue weighted by Crippen LogP contribution is 2.25. The van der Waals surface area contributed by atoms with E-state index in [1.165, 1.54) is 6.42 Å². The minimum absolute atomic E-state index is 0.112. The number of hydrogen-bond acceptors (Lipinski definition) is 2. The first-order valence-corrected chi connectivity index (χ1v) is 7.28. The molecule has 98 valence electrons. The molecule has 2 rings (SSSR count). The van der Waals surface area contributed by atoms with Crippen molar-refractivity contribution in [1.29, 1.82) is 0 Å². The van der Waals surface area contributed by atoms with Crippen molar-refractivity contribution in [2.24, 2.45) is 0 Å². The van der Waals surface area contributed by atoms with E-state index in [1.54, 1.807) is 6.07 Å². The Labute approximate surface area is 116 Å². The second kappa shape index (κ2) is 5.74. The van der Waals surface area contributed by atoms with Gasteiger partial charge in [0.15, 0.2) is 0 Å². The Bertz CT molecular complexity index is 447. The molecule has 18 heavy (non-hydrogen) atoms. The van der Waals surface area contributed by atoms with Gasteiger partial charge in [-0.2, -0.15) is 0 Å². The minimum atomic E-state index is 0.112. The Hall–Kier alpha value is -1.03. The number of rotatable bonds is 2. The van der Waals surface area contributed by atoms with E-state index in [9.17, 15) is 4.79 Å². The van der Waals surface area contributed by atoms with Gasteiger partial charge >= 0.3 is 0 Å². The maximum atomic E-state index is 12.5. The summed E-state index contributed by atoms with van der Waals surface area (Å²) in [6, 6.07) is 5.82. The summed E-state index contributed by atoms with van der Waals surface area (Å²) in [5, 5.41) is 0. The highest BCUT2D eigenvalue weighted by Gasteiger charge is 2.26. The summed E-state index contributed by atoms with van der Waals surface area (Å²) in [6.45, 7) is 3.01. The van der Waals surface area contributed by atoms with Gasteiger partial charge in [0, 0.05) is 28.3 Å². The molecule has 1 aliphatic heterocycles. The number of benzene rings is 1. The highest BCUT2D eigenvalue weighted by atomic mass is 79.9. The monoisotopic (exact) mass is 310 g/mol. The Kier molecular flexibility index (Phi) is 4.27. The third kappa shape index (κ3) is 2.69. The standard InChI is InChI=1S/C14H19BrN2O/c1-2-11-5-3-4-8-17(11)14(18)10-6-7-12(15)13(16)9-10/h6-7,9,11H,2-5,8,16H2,1H3. The summed E-state index contributed by atoms with van der Waals surface area (Å²) in [5.41, 5.74) is 7.14. The molecule has 1 heterocycles. The second-order valence-electron chi connectivity index (χ2n) is 4.79. The van der Waals surface area contributed by atoms with Crippen LogP contribution >= 0.6 is 15.9 Å². The number of nitrogens with zero attached hydrogens (tertiary/aromatic N) is 1. The first-order chi connectivity index (χ1) is 8.63. The number of hydrogen-bond donors (Lipinski definition) is 1. The van der Waals surface area contributed by atoms with Crippen molar-refractivity contribution in [3.63, 3.8) is 0 Å². The van der Waals surface area contributed by atoms with Gasteiger partial charge in [-0.15, -0.1) is 0 Å². The molecule has 1 aliphatic rings. The van der Waals surface area contributed by atoms with E-state index >= 15 is 0 Å². The van der Waals surface area contributed by atoms with Crippen molar-refractivity contribution in [3.05, 3.63) is 28.2 Å². The van der Waals surface area contributed by atoms with Crippen LogP contribution in [0.25, 0.3) is 0 Å². The zero-order valence-electron chi connectivity index (χ0n) is 10.7. The maximum absolute atomic E-state index is 12.5. The Balaban J connectivity index is 2.21. The highest BCUT2D eigenvalue weighted by molar-refractivity contribution is 9.10. The average Bonchev–Trinajstić information content (AvgIpc) is 2.41. The fourth-order valence-electron chi connectivity index (χ4n) is 2.54. The molecule has 0 spiro atoms. The average molecular weight is 311 g/mol. The molecule has 1 saturated heterocycles. The van der Waals surface area contributed by atoms with Gasteiger partial charge < -0.3 is 10.6 Å². The topological polar surface area (TPSA) is 46.3 Å². The van der Waals surface area contributed by atoms with E-state index in [1.807, 2.05) is 17.0 Å². The molecule has 1 aromatic carbocycles. The normalized spacial score (nSPS) is 19.9. The molecule has 1 amide bonds. The smallest absolute Gasteiger partial charge is 0.254 e. The fourth-order valence-corrected chi connectivity index (χ4v) is 2.78. The number of carbonyl (C=O) groups is 1. The van der Waals surface area contributed by atoms with Crippen LogP contribution in [0.15, 0.2) is 22.7 Å². The molecule has 0 saturated carbocycles. The first-order valence-electron chi connectivity index (χ1n) is 6.49. The van der Waals surface area contributed by atoms with E-state index in [4.69, 9.17) is 5.73 Å². The summed E-state index contributed by atoms with van der Waals surface area (Å²) >= 11 is 3.35. The maximum Gasteiger partial charge on any atom is 0.254 e. The van der Waals surface area contributed by atoms with Crippen LogP contribution in [0.4, 0.5) is 5.69 Å². The molecule has 1 aromatic rings. The lowest BCUT2D eigenvalue weighted by molar-refractivity contribution is 0.0608. The molecule has 0 aromatic heterocycles. The summed E-state index contributed by atoms with van der Waals surface area (Å²) in [4.78, 5) is 14.5. The van der Waals surface area contributed by atoms with Crippen molar-refractivity contribution < 1.29 is 4.79 Å². The number of nitrogens with two attached hydrogens (primary N) is 1.